The van der Waals surface area contributed by atoms with Crippen LogP contribution in [0, 0.1) is 5.82 Å². The summed E-state index contributed by atoms with van der Waals surface area (Å²) in [4.78, 5) is 13.5. The Hall–Kier alpha value is -1.62. The number of urea groups is 1. The van der Waals surface area contributed by atoms with Gasteiger partial charge in [-0.2, -0.15) is 0 Å². The molecule has 1 aliphatic rings. The minimum absolute atomic E-state index is 0.157. The first-order chi connectivity index (χ1) is 9.09. The zero-order valence-corrected chi connectivity index (χ0v) is 11.0. The van der Waals surface area contributed by atoms with Crippen molar-refractivity contribution in [2.75, 3.05) is 12.4 Å². The van der Waals surface area contributed by atoms with E-state index in [-0.39, 0.29) is 11.7 Å². The number of aliphatic hydroxyl groups is 1. The highest BCUT2D eigenvalue weighted by atomic mass is 19.1. The monoisotopic (exact) mass is 266 g/mol. The predicted octanol–water partition coefficient (Wildman–Crippen LogP) is 2.59. The number of hydrogen-bond donors (Lipinski definition) is 2. The summed E-state index contributed by atoms with van der Waals surface area (Å²) in [7, 11) is 1.63. The van der Waals surface area contributed by atoms with Crippen LogP contribution < -0.4 is 5.32 Å². The molecule has 2 atom stereocenters. The van der Waals surface area contributed by atoms with E-state index in [0.29, 0.717) is 6.42 Å². The number of anilines is 1. The maximum absolute atomic E-state index is 13.4. The summed E-state index contributed by atoms with van der Waals surface area (Å²) in [6, 6.07) is 5.45. The number of nitrogens with one attached hydrogen (secondary N) is 1. The number of carbonyl (C=O) groups excluding carboxylic acids is 1. The quantitative estimate of drug-likeness (QED) is 0.864. The lowest BCUT2D eigenvalue weighted by molar-refractivity contribution is 0.0494. The van der Waals surface area contributed by atoms with Crippen LogP contribution in [0.15, 0.2) is 24.3 Å². The van der Waals surface area contributed by atoms with Crippen LogP contribution in [-0.2, 0) is 0 Å². The number of aliphatic hydroxyl groups excluding tert-OH is 1. The first-order valence-corrected chi connectivity index (χ1v) is 6.56. The minimum atomic E-state index is -0.495. The van der Waals surface area contributed by atoms with Crippen LogP contribution in [-0.4, -0.2) is 35.2 Å². The van der Waals surface area contributed by atoms with Crippen LogP contribution in [0.3, 0.4) is 0 Å². The van der Waals surface area contributed by atoms with Gasteiger partial charge in [0.05, 0.1) is 17.8 Å². The topological polar surface area (TPSA) is 52.6 Å². The van der Waals surface area contributed by atoms with Gasteiger partial charge in [-0.05, 0) is 25.0 Å². The van der Waals surface area contributed by atoms with E-state index in [0.717, 1.165) is 19.3 Å². The smallest absolute Gasteiger partial charge is 0.322 e. The summed E-state index contributed by atoms with van der Waals surface area (Å²) < 4.78 is 13.4. The van der Waals surface area contributed by atoms with Gasteiger partial charge in [-0.3, -0.25) is 0 Å². The molecule has 0 spiro atoms. The lowest BCUT2D eigenvalue weighted by atomic mass is 9.92. The van der Waals surface area contributed by atoms with Gasteiger partial charge in [-0.15, -0.1) is 0 Å². The van der Waals surface area contributed by atoms with Gasteiger partial charge in [0.1, 0.15) is 5.82 Å². The highest BCUT2D eigenvalue weighted by Gasteiger charge is 2.29. The third-order valence-corrected chi connectivity index (χ3v) is 3.63. The Morgan fingerprint density at radius 3 is 2.74 bits per heavy atom. The van der Waals surface area contributed by atoms with Crippen LogP contribution in [0.1, 0.15) is 25.7 Å². The van der Waals surface area contributed by atoms with Crippen molar-refractivity contribution in [2.24, 2.45) is 0 Å². The Morgan fingerprint density at radius 2 is 2.05 bits per heavy atom. The molecule has 0 heterocycles. The van der Waals surface area contributed by atoms with Crippen molar-refractivity contribution >= 4 is 11.7 Å². The standard InChI is InChI=1S/C14H19FN2O2/c1-17(12-8-4-5-9-13(12)18)14(19)16-11-7-3-2-6-10(11)15/h2-3,6-7,12-13,18H,4-5,8-9H2,1H3,(H,16,19). The Morgan fingerprint density at radius 1 is 1.37 bits per heavy atom. The molecule has 0 saturated heterocycles. The highest BCUT2D eigenvalue weighted by molar-refractivity contribution is 5.89. The average molecular weight is 266 g/mol. The van der Waals surface area contributed by atoms with Crippen molar-refractivity contribution in [2.45, 2.75) is 37.8 Å². The molecule has 2 rings (SSSR count). The van der Waals surface area contributed by atoms with Gasteiger partial charge in [-0.1, -0.05) is 25.0 Å². The lowest BCUT2D eigenvalue weighted by Crippen LogP contribution is -2.47. The van der Waals surface area contributed by atoms with Crippen molar-refractivity contribution in [3.63, 3.8) is 0 Å². The number of rotatable bonds is 2. The number of nitrogens with zero attached hydrogens (tertiary/aromatic N) is 1. The fourth-order valence-corrected chi connectivity index (χ4v) is 2.46. The summed E-state index contributed by atoms with van der Waals surface area (Å²) >= 11 is 0. The zero-order valence-electron chi connectivity index (χ0n) is 11.0. The van der Waals surface area contributed by atoms with E-state index < -0.39 is 18.0 Å². The number of likely N-dealkylation sites (N-methyl/N-ethyl adjacent to an activating group) is 1. The molecule has 1 aromatic carbocycles. The Labute approximate surface area is 112 Å². The zero-order chi connectivity index (χ0) is 13.8. The Kier molecular flexibility index (Phi) is 4.37. The molecule has 4 nitrogen and oxygen atoms in total. The summed E-state index contributed by atoms with van der Waals surface area (Å²) in [5, 5.41) is 12.4. The largest absolute Gasteiger partial charge is 0.391 e. The maximum Gasteiger partial charge on any atom is 0.322 e. The van der Waals surface area contributed by atoms with E-state index in [4.69, 9.17) is 0 Å². The second kappa shape index (κ2) is 6.02. The van der Waals surface area contributed by atoms with E-state index in [1.807, 2.05) is 0 Å². The van der Waals surface area contributed by atoms with E-state index in [2.05, 4.69) is 5.32 Å². The van der Waals surface area contributed by atoms with Crippen molar-refractivity contribution in [1.82, 2.24) is 4.90 Å². The SMILES string of the molecule is CN(C(=O)Nc1ccccc1F)C1CCCCC1O. The number of halogens is 1. The van der Waals surface area contributed by atoms with Gasteiger partial charge in [0.25, 0.3) is 0 Å². The van der Waals surface area contributed by atoms with Crippen LogP contribution in [0.4, 0.5) is 14.9 Å². The molecular formula is C14H19FN2O2. The maximum atomic E-state index is 13.4. The molecule has 2 unspecified atom stereocenters. The van der Waals surface area contributed by atoms with Crippen LogP contribution in [0.25, 0.3) is 0 Å². The number of hydrogen-bond acceptors (Lipinski definition) is 2. The molecule has 0 aliphatic heterocycles. The summed E-state index contributed by atoms with van der Waals surface area (Å²) in [5.41, 5.74) is 0.157. The molecule has 0 aromatic heterocycles. The molecule has 0 radical (unpaired) electrons. The lowest BCUT2D eigenvalue weighted by Gasteiger charge is -2.35. The molecule has 1 aliphatic carbocycles. The van der Waals surface area contributed by atoms with Gasteiger partial charge in [0, 0.05) is 7.05 Å². The van der Waals surface area contributed by atoms with Crippen molar-refractivity contribution in [3.8, 4) is 0 Å². The fourth-order valence-electron chi connectivity index (χ4n) is 2.46. The van der Waals surface area contributed by atoms with Crippen molar-refractivity contribution < 1.29 is 14.3 Å². The van der Waals surface area contributed by atoms with E-state index in [1.54, 1.807) is 19.2 Å². The summed E-state index contributed by atoms with van der Waals surface area (Å²) in [5.74, 6) is -0.464. The summed E-state index contributed by atoms with van der Waals surface area (Å²) in [6.45, 7) is 0. The fraction of sp³-hybridized carbons (Fsp3) is 0.500. The molecule has 1 saturated carbocycles. The number of para-hydroxylation sites is 1. The van der Waals surface area contributed by atoms with E-state index in [9.17, 15) is 14.3 Å². The van der Waals surface area contributed by atoms with Gasteiger partial charge in [0.15, 0.2) is 0 Å². The normalized spacial score (nSPS) is 22.9. The average Bonchev–Trinajstić information content (AvgIpc) is 2.41. The van der Waals surface area contributed by atoms with Crippen LogP contribution in [0.5, 0.6) is 0 Å². The van der Waals surface area contributed by atoms with E-state index >= 15 is 0 Å². The first kappa shape index (κ1) is 13.8. The van der Waals surface area contributed by atoms with Crippen molar-refractivity contribution in [3.05, 3.63) is 30.1 Å². The molecule has 19 heavy (non-hydrogen) atoms. The molecule has 0 bridgehead atoms. The molecule has 104 valence electrons. The highest BCUT2D eigenvalue weighted by Crippen LogP contribution is 2.23. The van der Waals surface area contributed by atoms with Crippen molar-refractivity contribution in [1.29, 1.82) is 0 Å². The predicted molar refractivity (Wildman–Crippen MR) is 71.4 cm³/mol. The molecule has 1 fully saturated rings. The molecule has 2 N–H and O–H groups in total. The number of benzene rings is 1. The van der Waals surface area contributed by atoms with E-state index in [1.165, 1.54) is 17.0 Å². The first-order valence-electron chi connectivity index (χ1n) is 6.56. The third-order valence-electron chi connectivity index (χ3n) is 3.63. The Bertz CT molecular complexity index is 453. The molecule has 2 amide bonds. The third kappa shape index (κ3) is 3.23. The van der Waals surface area contributed by atoms with Crippen LogP contribution >= 0.6 is 0 Å². The number of amides is 2. The second-order valence-corrected chi connectivity index (χ2v) is 4.94. The summed E-state index contributed by atoms with van der Waals surface area (Å²) in [6.07, 6.45) is 2.98. The van der Waals surface area contributed by atoms with Gasteiger partial charge >= 0.3 is 6.03 Å². The second-order valence-electron chi connectivity index (χ2n) is 4.94. The minimum Gasteiger partial charge on any atom is -0.391 e. The van der Waals surface area contributed by atoms with Gasteiger partial charge in [0.2, 0.25) is 0 Å². The Balaban J connectivity index is 2.01. The van der Waals surface area contributed by atoms with Gasteiger partial charge in [-0.25, -0.2) is 9.18 Å². The van der Waals surface area contributed by atoms with Crippen LogP contribution in [0.2, 0.25) is 0 Å². The van der Waals surface area contributed by atoms with Gasteiger partial charge < -0.3 is 15.3 Å². The molecule has 1 aromatic rings. The molecule has 5 heteroatoms. The number of carbonyl (C=O) groups is 1. The molecular weight excluding hydrogens is 247 g/mol.